The molecule has 1 saturated heterocycles. The van der Waals surface area contributed by atoms with E-state index >= 15 is 0 Å². The molecule has 1 aromatic heterocycles. The Morgan fingerprint density at radius 3 is 2.38 bits per heavy atom. The number of anilines is 1. The Kier molecular flexibility index (Phi) is 5.53. The van der Waals surface area contributed by atoms with E-state index in [2.05, 4.69) is 22.5 Å². The highest BCUT2D eigenvalue weighted by molar-refractivity contribution is 6.03. The van der Waals surface area contributed by atoms with Gasteiger partial charge in [-0.1, -0.05) is 48.5 Å². The Morgan fingerprint density at radius 1 is 1.09 bits per heavy atom. The van der Waals surface area contributed by atoms with Crippen molar-refractivity contribution in [3.63, 3.8) is 0 Å². The van der Waals surface area contributed by atoms with E-state index in [1.54, 1.807) is 7.05 Å². The van der Waals surface area contributed by atoms with Gasteiger partial charge < -0.3 is 14.7 Å². The van der Waals surface area contributed by atoms with Gasteiger partial charge in [-0.25, -0.2) is 9.59 Å². The summed E-state index contributed by atoms with van der Waals surface area (Å²) in [6.45, 7) is 0.475. The number of carbonyl (C=O) groups excluding carboxylic acids is 2. The van der Waals surface area contributed by atoms with E-state index in [0.717, 1.165) is 22.3 Å². The average molecular weight is 460 g/mol. The van der Waals surface area contributed by atoms with Gasteiger partial charge in [-0.2, -0.15) is 5.10 Å². The van der Waals surface area contributed by atoms with Crippen LogP contribution in [0.25, 0.3) is 11.1 Å². The summed E-state index contributed by atoms with van der Waals surface area (Å²) in [7, 11) is 1.59. The molecule has 9 heteroatoms. The molecule has 0 radical (unpaired) electrons. The van der Waals surface area contributed by atoms with Crippen LogP contribution in [0, 0.1) is 0 Å². The molecule has 2 heterocycles. The number of likely N-dealkylation sites (tertiary alicyclic amines) is 1. The third kappa shape index (κ3) is 3.68. The Hall–Kier alpha value is -4.14. The van der Waals surface area contributed by atoms with Gasteiger partial charge in [0.15, 0.2) is 0 Å². The van der Waals surface area contributed by atoms with Gasteiger partial charge >= 0.3 is 12.1 Å². The summed E-state index contributed by atoms with van der Waals surface area (Å²) >= 11 is 0. The number of aromatic nitrogens is 2. The predicted molar refractivity (Wildman–Crippen MR) is 124 cm³/mol. The van der Waals surface area contributed by atoms with E-state index in [1.807, 2.05) is 36.4 Å². The number of aryl methyl sites for hydroxylation is 1. The van der Waals surface area contributed by atoms with E-state index in [4.69, 9.17) is 4.74 Å². The highest BCUT2D eigenvalue weighted by Crippen LogP contribution is 2.44. The highest BCUT2D eigenvalue weighted by Gasteiger charge is 2.36. The minimum atomic E-state index is -1.04. The number of carboxylic acid groups (broad SMARTS) is 1. The predicted octanol–water partition coefficient (Wildman–Crippen LogP) is 3.47. The molecule has 2 N–H and O–H groups in total. The summed E-state index contributed by atoms with van der Waals surface area (Å²) < 4.78 is 6.94. The largest absolute Gasteiger partial charge is 0.480 e. The number of hydrogen-bond acceptors (Lipinski definition) is 5. The number of rotatable bonds is 5. The summed E-state index contributed by atoms with van der Waals surface area (Å²) in [5.74, 6) is -1.45. The molecule has 1 fully saturated rings. The van der Waals surface area contributed by atoms with E-state index < -0.39 is 24.0 Å². The zero-order valence-electron chi connectivity index (χ0n) is 18.6. The number of fused-ring (bicyclic) bond motifs is 3. The van der Waals surface area contributed by atoms with Crippen molar-refractivity contribution in [3.8, 4) is 11.1 Å². The zero-order chi connectivity index (χ0) is 23.8. The lowest BCUT2D eigenvalue weighted by atomic mass is 9.98. The lowest BCUT2D eigenvalue weighted by molar-refractivity contribution is -0.141. The van der Waals surface area contributed by atoms with Crippen molar-refractivity contribution in [2.24, 2.45) is 7.05 Å². The number of carboxylic acids is 1. The summed E-state index contributed by atoms with van der Waals surface area (Å²) in [6, 6.07) is 15.2. The van der Waals surface area contributed by atoms with Gasteiger partial charge in [0.05, 0.1) is 6.20 Å². The first kappa shape index (κ1) is 21.7. The second-order valence-corrected chi connectivity index (χ2v) is 8.48. The van der Waals surface area contributed by atoms with Crippen LogP contribution < -0.4 is 5.32 Å². The van der Waals surface area contributed by atoms with E-state index in [9.17, 15) is 19.5 Å². The van der Waals surface area contributed by atoms with Crippen LogP contribution in [0.4, 0.5) is 10.6 Å². The second kappa shape index (κ2) is 8.66. The standard InChI is InChI=1S/C25H24N4O5/c1-28-22(19(13-26-28)23(30)29-12-6-11-21(29)24(31)32)27-25(33)34-14-20-17-9-4-2-7-15(17)16-8-3-5-10-18(16)20/h2-5,7-10,13,20-21H,6,11-12,14H2,1H3,(H,27,33)(H,31,32)/t21-/m1/s1. The number of nitrogens with one attached hydrogen (secondary N) is 1. The maximum Gasteiger partial charge on any atom is 0.412 e. The molecule has 2 aliphatic rings. The maximum absolute atomic E-state index is 13.0. The number of nitrogens with zero attached hydrogens (tertiary/aromatic N) is 3. The number of ether oxygens (including phenoxy) is 1. The fourth-order valence-corrected chi connectivity index (χ4v) is 4.89. The topological polar surface area (TPSA) is 114 Å². The van der Waals surface area contributed by atoms with Crippen LogP contribution in [-0.4, -0.2) is 57.0 Å². The van der Waals surface area contributed by atoms with Gasteiger partial charge in [-0.15, -0.1) is 0 Å². The fourth-order valence-electron chi connectivity index (χ4n) is 4.89. The van der Waals surface area contributed by atoms with Crippen molar-refractivity contribution < 1.29 is 24.2 Å². The van der Waals surface area contributed by atoms with Crippen molar-refractivity contribution >= 4 is 23.8 Å². The van der Waals surface area contributed by atoms with Crippen LogP contribution in [0.15, 0.2) is 54.7 Å². The van der Waals surface area contributed by atoms with Crippen LogP contribution in [-0.2, 0) is 16.6 Å². The van der Waals surface area contributed by atoms with E-state index in [1.165, 1.54) is 15.8 Å². The number of hydrogen-bond donors (Lipinski definition) is 2. The number of carbonyl (C=O) groups is 3. The maximum atomic E-state index is 13.0. The van der Waals surface area contributed by atoms with E-state index in [-0.39, 0.29) is 23.9 Å². The Morgan fingerprint density at radius 2 is 1.74 bits per heavy atom. The number of benzene rings is 2. The molecule has 174 valence electrons. The van der Waals surface area contributed by atoms with Gasteiger partial charge in [0, 0.05) is 19.5 Å². The molecule has 3 aromatic rings. The highest BCUT2D eigenvalue weighted by atomic mass is 16.5. The molecule has 1 aliphatic heterocycles. The molecule has 2 aromatic carbocycles. The lowest BCUT2D eigenvalue weighted by Crippen LogP contribution is -2.40. The van der Waals surface area contributed by atoms with Crippen molar-refractivity contribution in [3.05, 3.63) is 71.4 Å². The first-order valence-corrected chi connectivity index (χ1v) is 11.1. The van der Waals surface area contributed by atoms with Gasteiger partial charge in [0.1, 0.15) is 24.0 Å². The van der Waals surface area contributed by atoms with Crippen LogP contribution >= 0.6 is 0 Å². The zero-order valence-corrected chi connectivity index (χ0v) is 18.6. The molecule has 1 atom stereocenters. The number of amides is 2. The van der Waals surface area contributed by atoms with Crippen LogP contribution in [0.3, 0.4) is 0 Å². The summed E-state index contributed by atoms with van der Waals surface area (Å²) in [5.41, 5.74) is 4.59. The molecule has 0 spiro atoms. The third-order valence-corrected chi connectivity index (χ3v) is 6.53. The Balaban J connectivity index is 1.31. The van der Waals surface area contributed by atoms with Crippen LogP contribution in [0.1, 0.15) is 40.2 Å². The minimum Gasteiger partial charge on any atom is -0.480 e. The molecule has 1 aliphatic carbocycles. The molecule has 34 heavy (non-hydrogen) atoms. The number of aliphatic carboxylic acids is 1. The Bertz CT molecular complexity index is 1240. The molecule has 9 nitrogen and oxygen atoms in total. The van der Waals surface area contributed by atoms with E-state index in [0.29, 0.717) is 19.4 Å². The van der Waals surface area contributed by atoms with Gasteiger partial charge in [0.2, 0.25) is 0 Å². The average Bonchev–Trinajstić information content (AvgIpc) is 3.54. The van der Waals surface area contributed by atoms with Crippen molar-refractivity contribution in [1.82, 2.24) is 14.7 Å². The first-order chi connectivity index (χ1) is 16.5. The van der Waals surface area contributed by atoms with Crippen molar-refractivity contribution in [2.75, 3.05) is 18.5 Å². The SMILES string of the molecule is Cn1ncc(C(=O)N2CCC[C@@H]2C(=O)O)c1NC(=O)OCC1c2ccccc2-c2ccccc21. The van der Waals surface area contributed by atoms with Crippen LogP contribution in [0.5, 0.6) is 0 Å². The van der Waals surface area contributed by atoms with Crippen molar-refractivity contribution in [2.45, 2.75) is 24.8 Å². The summed E-state index contributed by atoms with van der Waals surface area (Å²) in [5, 5.41) is 16.1. The molecule has 2 amide bonds. The normalized spacial score (nSPS) is 16.7. The molecular weight excluding hydrogens is 436 g/mol. The molecule has 0 bridgehead atoms. The molecule has 0 saturated carbocycles. The van der Waals surface area contributed by atoms with Gasteiger partial charge in [-0.3, -0.25) is 14.8 Å². The summed E-state index contributed by atoms with van der Waals surface area (Å²) in [6.07, 6.45) is 1.63. The quantitative estimate of drug-likeness (QED) is 0.603. The Labute approximate surface area is 195 Å². The summed E-state index contributed by atoms with van der Waals surface area (Å²) in [4.78, 5) is 38.6. The minimum absolute atomic E-state index is 0.0910. The molecule has 5 rings (SSSR count). The van der Waals surface area contributed by atoms with Gasteiger partial charge in [0.25, 0.3) is 5.91 Å². The fraction of sp³-hybridized carbons (Fsp3) is 0.280. The second-order valence-electron chi connectivity index (χ2n) is 8.48. The molecule has 0 unspecified atom stereocenters. The smallest absolute Gasteiger partial charge is 0.412 e. The monoisotopic (exact) mass is 460 g/mol. The van der Waals surface area contributed by atoms with Gasteiger partial charge in [-0.05, 0) is 35.1 Å². The van der Waals surface area contributed by atoms with Crippen molar-refractivity contribution in [1.29, 1.82) is 0 Å². The van der Waals surface area contributed by atoms with Crippen LogP contribution in [0.2, 0.25) is 0 Å². The third-order valence-electron chi connectivity index (χ3n) is 6.53. The lowest BCUT2D eigenvalue weighted by Gasteiger charge is -2.21. The molecular formula is C25H24N4O5. The first-order valence-electron chi connectivity index (χ1n) is 11.1.